The normalized spacial score (nSPS) is 12.7. The molecule has 3 rings (SSSR count). The van der Waals surface area contributed by atoms with E-state index in [1.54, 1.807) is 11.3 Å². The van der Waals surface area contributed by atoms with E-state index in [4.69, 9.17) is 0 Å². The van der Waals surface area contributed by atoms with Crippen molar-refractivity contribution < 1.29 is 0 Å². The van der Waals surface area contributed by atoms with Crippen molar-refractivity contribution in [1.82, 2.24) is 15.3 Å². The Morgan fingerprint density at radius 2 is 2.11 bits per heavy atom. The number of nitrogens with zero attached hydrogens (tertiary/aromatic N) is 2. The van der Waals surface area contributed by atoms with Gasteiger partial charge in [0.2, 0.25) is 0 Å². The van der Waals surface area contributed by atoms with E-state index >= 15 is 0 Å². The molecule has 96 valence electrons. The molecule has 1 unspecified atom stereocenters. The SMILES string of the molecule is CNC(c1ccc2nc(C)ccc2c1)c1nccs1. The van der Waals surface area contributed by atoms with Gasteiger partial charge in [-0.1, -0.05) is 12.1 Å². The van der Waals surface area contributed by atoms with Gasteiger partial charge in [0, 0.05) is 22.7 Å². The minimum atomic E-state index is 0.144. The van der Waals surface area contributed by atoms with E-state index in [-0.39, 0.29) is 6.04 Å². The third-order valence-corrected chi connectivity index (χ3v) is 4.01. The Kier molecular flexibility index (Phi) is 3.27. The van der Waals surface area contributed by atoms with Crippen LogP contribution in [0.4, 0.5) is 0 Å². The van der Waals surface area contributed by atoms with Crippen LogP contribution in [0.5, 0.6) is 0 Å². The zero-order valence-electron chi connectivity index (χ0n) is 10.9. The van der Waals surface area contributed by atoms with Crippen molar-refractivity contribution in [2.24, 2.45) is 0 Å². The average molecular weight is 269 g/mol. The first-order chi connectivity index (χ1) is 9.28. The van der Waals surface area contributed by atoms with Crippen LogP contribution in [0.2, 0.25) is 0 Å². The van der Waals surface area contributed by atoms with Crippen LogP contribution in [0.15, 0.2) is 41.9 Å². The maximum Gasteiger partial charge on any atom is 0.114 e. The first kappa shape index (κ1) is 12.3. The van der Waals surface area contributed by atoms with Crippen molar-refractivity contribution >= 4 is 22.2 Å². The summed E-state index contributed by atoms with van der Waals surface area (Å²) in [5.74, 6) is 0. The highest BCUT2D eigenvalue weighted by Gasteiger charge is 2.14. The van der Waals surface area contributed by atoms with Gasteiger partial charge in [-0.05, 0) is 37.7 Å². The lowest BCUT2D eigenvalue weighted by Gasteiger charge is -2.14. The highest BCUT2D eigenvalue weighted by atomic mass is 32.1. The fourth-order valence-corrected chi connectivity index (χ4v) is 3.01. The van der Waals surface area contributed by atoms with Gasteiger partial charge in [-0.2, -0.15) is 0 Å². The molecular weight excluding hydrogens is 254 g/mol. The van der Waals surface area contributed by atoms with Gasteiger partial charge in [0.05, 0.1) is 11.6 Å². The summed E-state index contributed by atoms with van der Waals surface area (Å²) in [6.07, 6.45) is 1.84. The highest BCUT2D eigenvalue weighted by molar-refractivity contribution is 7.09. The number of aryl methyl sites for hydroxylation is 1. The van der Waals surface area contributed by atoms with Crippen molar-refractivity contribution in [3.8, 4) is 0 Å². The number of rotatable bonds is 3. The number of nitrogens with one attached hydrogen (secondary N) is 1. The number of fused-ring (bicyclic) bond motifs is 1. The van der Waals surface area contributed by atoms with Crippen molar-refractivity contribution in [2.75, 3.05) is 7.05 Å². The summed E-state index contributed by atoms with van der Waals surface area (Å²) < 4.78 is 0. The second-order valence-electron chi connectivity index (χ2n) is 4.50. The third kappa shape index (κ3) is 2.37. The summed E-state index contributed by atoms with van der Waals surface area (Å²) in [6, 6.07) is 10.7. The van der Waals surface area contributed by atoms with E-state index < -0.39 is 0 Å². The van der Waals surface area contributed by atoms with Crippen molar-refractivity contribution in [3.05, 3.63) is 58.2 Å². The molecule has 4 heteroatoms. The molecule has 0 bridgehead atoms. The molecule has 2 heterocycles. The summed E-state index contributed by atoms with van der Waals surface area (Å²) in [7, 11) is 1.96. The molecule has 3 nitrogen and oxygen atoms in total. The zero-order chi connectivity index (χ0) is 13.2. The van der Waals surface area contributed by atoms with E-state index in [0.717, 1.165) is 16.2 Å². The van der Waals surface area contributed by atoms with Gasteiger partial charge in [-0.3, -0.25) is 4.98 Å². The van der Waals surface area contributed by atoms with Crippen molar-refractivity contribution in [2.45, 2.75) is 13.0 Å². The van der Waals surface area contributed by atoms with Gasteiger partial charge in [-0.15, -0.1) is 11.3 Å². The van der Waals surface area contributed by atoms with Crippen LogP contribution in [0.1, 0.15) is 22.3 Å². The van der Waals surface area contributed by atoms with E-state index in [1.807, 2.05) is 31.6 Å². The number of thiazole rings is 1. The molecule has 3 aromatic rings. The number of aromatic nitrogens is 2. The first-order valence-electron chi connectivity index (χ1n) is 6.22. The Labute approximate surface area is 116 Å². The molecule has 1 atom stereocenters. The molecule has 19 heavy (non-hydrogen) atoms. The minimum absolute atomic E-state index is 0.144. The lowest BCUT2D eigenvalue weighted by Crippen LogP contribution is -2.17. The quantitative estimate of drug-likeness (QED) is 0.792. The molecule has 0 aliphatic rings. The summed E-state index contributed by atoms with van der Waals surface area (Å²) in [5.41, 5.74) is 3.30. The molecule has 0 spiro atoms. The van der Waals surface area contributed by atoms with Gasteiger partial charge < -0.3 is 5.32 Å². The fourth-order valence-electron chi connectivity index (χ4n) is 2.24. The number of hydrogen-bond acceptors (Lipinski definition) is 4. The molecule has 0 saturated carbocycles. The molecule has 0 aliphatic carbocycles. The van der Waals surface area contributed by atoms with Crippen LogP contribution in [0.25, 0.3) is 10.9 Å². The summed E-state index contributed by atoms with van der Waals surface area (Å²) in [6.45, 7) is 2.01. The van der Waals surface area contributed by atoms with Gasteiger partial charge in [0.15, 0.2) is 0 Å². The first-order valence-corrected chi connectivity index (χ1v) is 7.10. The molecule has 0 saturated heterocycles. The lowest BCUT2D eigenvalue weighted by molar-refractivity contribution is 0.687. The molecule has 0 radical (unpaired) electrons. The summed E-state index contributed by atoms with van der Waals surface area (Å²) >= 11 is 1.67. The Hall–Kier alpha value is -1.78. The Morgan fingerprint density at radius 3 is 2.84 bits per heavy atom. The molecule has 0 amide bonds. The monoisotopic (exact) mass is 269 g/mol. The second kappa shape index (κ2) is 5.07. The predicted molar refractivity (Wildman–Crippen MR) is 79.5 cm³/mol. The van der Waals surface area contributed by atoms with Crippen LogP contribution in [-0.2, 0) is 0 Å². The molecule has 1 N–H and O–H groups in total. The van der Waals surface area contributed by atoms with Crippen molar-refractivity contribution in [3.63, 3.8) is 0 Å². The number of pyridine rings is 1. The molecule has 0 aliphatic heterocycles. The van der Waals surface area contributed by atoms with E-state index in [9.17, 15) is 0 Å². The van der Waals surface area contributed by atoms with Gasteiger partial charge in [0.25, 0.3) is 0 Å². The standard InChI is InChI=1S/C15H15N3S/c1-10-3-4-11-9-12(5-6-13(11)18-10)14(16-2)15-17-7-8-19-15/h3-9,14,16H,1-2H3. The van der Waals surface area contributed by atoms with Crippen molar-refractivity contribution in [1.29, 1.82) is 0 Å². The van der Waals surface area contributed by atoms with E-state index in [1.165, 1.54) is 10.9 Å². The fraction of sp³-hybridized carbons (Fsp3) is 0.200. The smallest absolute Gasteiger partial charge is 0.114 e. The zero-order valence-corrected chi connectivity index (χ0v) is 11.7. The number of hydrogen-bond donors (Lipinski definition) is 1. The predicted octanol–water partition coefficient (Wildman–Crippen LogP) is 3.31. The maximum absolute atomic E-state index is 4.53. The van der Waals surface area contributed by atoms with Gasteiger partial charge in [-0.25, -0.2) is 4.98 Å². The van der Waals surface area contributed by atoms with Crippen LogP contribution in [0.3, 0.4) is 0 Å². The van der Waals surface area contributed by atoms with E-state index in [0.29, 0.717) is 0 Å². The van der Waals surface area contributed by atoms with E-state index in [2.05, 4.69) is 39.6 Å². The van der Waals surface area contributed by atoms with Gasteiger partial charge in [0.1, 0.15) is 5.01 Å². The van der Waals surface area contributed by atoms with Crippen LogP contribution >= 0.6 is 11.3 Å². The molecule has 2 aromatic heterocycles. The largest absolute Gasteiger partial charge is 0.307 e. The second-order valence-corrected chi connectivity index (χ2v) is 5.42. The minimum Gasteiger partial charge on any atom is -0.307 e. The Morgan fingerprint density at radius 1 is 1.21 bits per heavy atom. The number of benzene rings is 1. The molecular formula is C15H15N3S. The summed E-state index contributed by atoms with van der Waals surface area (Å²) in [5, 5.41) is 7.58. The van der Waals surface area contributed by atoms with Crippen LogP contribution in [0, 0.1) is 6.92 Å². The average Bonchev–Trinajstić information content (AvgIpc) is 2.93. The third-order valence-electron chi connectivity index (χ3n) is 3.17. The highest BCUT2D eigenvalue weighted by Crippen LogP contribution is 2.26. The topological polar surface area (TPSA) is 37.8 Å². The van der Waals surface area contributed by atoms with Crippen LogP contribution in [-0.4, -0.2) is 17.0 Å². The lowest BCUT2D eigenvalue weighted by atomic mass is 10.0. The Bertz CT molecular complexity index is 692. The maximum atomic E-state index is 4.53. The molecule has 1 aromatic carbocycles. The molecule has 0 fully saturated rings. The Balaban J connectivity index is 2.07. The van der Waals surface area contributed by atoms with Crippen LogP contribution < -0.4 is 5.32 Å². The van der Waals surface area contributed by atoms with Gasteiger partial charge >= 0.3 is 0 Å². The summed E-state index contributed by atoms with van der Waals surface area (Å²) in [4.78, 5) is 8.93.